The zero-order chi connectivity index (χ0) is 19.3. The van der Waals surface area contributed by atoms with Crippen LogP contribution in [0.4, 0.5) is 0 Å². The van der Waals surface area contributed by atoms with Crippen LogP contribution in [0, 0.1) is 0 Å². The minimum absolute atomic E-state index is 0. The number of nitrogens with zero attached hydrogens (tertiary/aromatic N) is 1. The molecule has 0 fully saturated rings. The summed E-state index contributed by atoms with van der Waals surface area (Å²) >= 11 is 24.0. The lowest BCUT2D eigenvalue weighted by molar-refractivity contribution is -0.119. The maximum atomic E-state index is 12.0. The average molecular weight is 470 g/mol. The zero-order valence-electron chi connectivity index (χ0n) is 13.6. The van der Waals surface area contributed by atoms with E-state index in [0.29, 0.717) is 31.2 Å². The highest BCUT2D eigenvalue weighted by atomic mass is 35.5. The number of halogens is 5. The fraction of sp³-hybridized carbons (Fsp3) is 0.118. The fourth-order valence-corrected chi connectivity index (χ4v) is 3.17. The van der Waals surface area contributed by atoms with E-state index in [1.165, 1.54) is 0 Å². The molecule has 2 aromatic carbocycles. The van der Waals surface area contributed by atoms with Gasteiger partial charge in [0.1, 0.15) is 0 Å². The van der Waals surface area contributed by atoms with E-state index >= 15 is 0 Å². The number of carbonyl (C=O) groups excluding carboxylic acids is 2. The number of benzene rings is 2. The Labute approximate surface area is 182 Å². The molecule has 0 radical (unpaired) electrons. The van der Waals surface area contributed by atoms with Crippen molar-refractivity contribution in [3.8, 4) is 0 Å². The second kappa shape index (κ2) is 10.7. The number of nitrogens with one attached hydrogen (secondary N) is 1. The highest BCUT2D eigenvalue weighted by Crippen LogP contribution is 2.25. The van der Waals surface area contributed by atoms with Gasteiger partial charge >= 0.3 is 0 Å². The molecule has 2 rings (SSSR count). The number of aliphatic imine (C=N–C) groups is 1. The van der Waals surface area contributed by atoms with Gasteiger partial charge in [-0.3, -0.25) is 14.9 Å². The second-order valence-electron chi connectivity index (χ2n) is 5.19. The van der Waals surface area contributed by atoms with Gasteiger partial charge < -0.3 is 5.73 Å². The van der Waals surface area contributed by atoms with E-state index in [2.05, 4.69) is 10.3 Å². The van der Waals surface area contributed by atoms with Crippen LogP contribution >= 0.6 is 58.8 Å². The third kappa shape index (κ3) is 6.87. The van der Waals surface area contributed by atoms with E-state index in [1.807, 2.05) is 0 Å². The van der Waals surface area contributed by atoms with Gasteiger partial charge in [-0.05, 0) is 35.4 Å². The van der Waals surface area contributed by atoms with Crippen LogP contribution in [-0.4, -0.2) is 17.8 Å². The Morgan fingerprint density at radius 2 is 1.26 bits per heavy atom. The quantitative estimate of drug-likeness (QED) is 0.512. The highest BCUT2D eigenvalue weighted by Gasteiger charge is 2.14. The normalized spacial score (nSPS) is 10.9. The molecule has 0 aliphatic heterocycles. The molecule has 27 heavy (non-hydrogen) atoms. The second-order valence-corrected chi connectivity index (χ2v) is 6.82. The summed E-state index contributed by atoms with van der Waals surface area (Å²) in [6.45, 7) is 0. The number of guanidine groups is 1. The summed E-state index contributed by atoms with van der Waals surface area (Å²) in [5.41, 5.74) is 6.49. The van der Waals surface area contributed by atoms with Crippen LogP contribution in [0.15, 0.2) is 41.4 Å². The first-order valence-corrected chi connectivity index (χ1v) is 8.81. The molecule has 0 saturated carbocycles. The van der Waals surface area contributed by atoms with Gasteiger partial charge in [0, 0.05) is 20.1 Å². The van der Waals surface area contributed by atoms with Crippen molar-refractivity contribution in [2.45, 2.75) is 12.8 Å². The van der Waals surface area contributed by atoms with Crippen LogP contribution in [0.5, 0.6) is 0 Å². The highest BCUT2D eigenvalue weighted by molar-refractivity contribution is 6.37. The summed E-state index contributed by atoms with van der Waals surface area (Å²) < 4.78 is 0. The van der Waals surface area contributed by atoms with Crippen molar-refractivity contribution in [1.29, 1.82) is 0 Å². The van der Waals surface area contributed by atoms with Gasteiger partial charge in [0.2, 0.25) is 11.9 Å². The van der Waals surface area contributed by atoms with Crippen LogP contribution in [0.1, 0.15) is 11.1 Å². The molecule has 0 atom stereocenters. The van der Waals surface area contributed by atoms with Crippen LogP contribution in [0.2, 0.25) is 20.1 Å². The predicted octanol–water partition coefficient (Wildman–Crippen LogP) is 4.46. The maximum absolute atomic E-state index is 12.0. The van der Waals surface area contributed by atoms with Crippen molar-refractivity contribution in [1.82, 2.24) is 5.32 Å². The lowest BCUT2D eigenvalue weighted by Gasteiger charge is -2.08. The zero-order valence-corrected chi connectivity index (χ0v) is 17.5. The molecule has 0 aromatic heterocycles. The lowest BCUT2D eigenvalue weighted by Crippen LogP contribution is -2.38. The summed E-state index contributed by atoms with van der Waals surface area (Å²) in [5.74, 6) is -1.45. The molecule has 0 aliphatic carbocycles. The SMILES string of the molecule is Cl.NC(=NC(=O)Cc1c(Cl)cccc1Cl)NC(=O)Cc1c(Cl)cccc1Cl. The van der Waals surface area contributed by atoms with Gasteiger partial charge in [-0.2, -0.15) is 4.99 Å². The van der Waals surface area contributed by atoms with Crippen molar-refractivity contribution < 1.29 is 9.59 Å². The standard InChI is InChI=1S/C17H13Cl4N3O2.ClH/c18-11-3-1-4-12(19)9(11)7-15(25)23-17(22)24-16(26)8-10-13(20)5-2-6-14(10)21;/h1-6H,7-8H2,(H3,22,23,24,25,26);1H. The summed E-state index contributed by atoms with van der Waals surface area (Å²) in [6.07, 6.45) is -0.259. The monoisotopic (exact) mass is 467 g/mol. The summed E-state index contributed by atoms with van der Waals surface area (Å²) in [5, 5.41) is 3.71. The number of rotatable bonds is 4. The first-order valence-electron chi connectivity index (χ1n) is 7.30. The molecule has 5 nitrogen and oxygen atoms in total. The molecule has 0 unspecified atom stereocenters. The number of hydrogen-bond acceptors (Lipinski definition) is 2. The van der Waals surface area contributed by atoms with Crippen LogP contribution in [0.3, 0.4) is 0 Å². The third-order valence-electron chi connectivity index (χ3n) is 3.30. The van der Waals surface area contributed by atoms with Gasteiger partial charge in [-0.15, -0.1) is 12.4 Å². The molecular formula is C17H14Cl5N3O2. The Morgan fingerprint density at radius 3 is 1.70 bits per heavy atom. The summed E-state index contributed by atoms with van der Waals surface area (Å²) in [4.78, 5) is 27.7. The number of amides is 2. The molecule has 3 N–H and O–H groups in total. The first-order chi connectivity index (χ1) is 12.3. The van der Waals surface area contributed by atoms with Gasteiger partial charge in [-0.25, -0.2) is 0 Å². The largest absolute Gasteiger partial charge is 0.369 e. The molecule has 2 amide bonds. The summed E-state index contributed by atoms with van der Waals surface area (Å²) in [7, 11) is 0. The van der Waals surface area contributed by atoms with E-state index < -0.39 is 11.8 Å². The van der Waals surface area contributed by atoms with Gasteiger partial charge in [0.05, 0.1) is 12.8 Å². The molecule has 0 saturated heterocycles. The molecule has 0 heterocycles. The van der Waals surface area contributed by atoms with Crippen LogP contribution in [0.25, 0.3) is 0 Å². The van der Waals surface area contributed by atoms with Crippen molar-refractivity contribution in [3.05, 3.63) is 67.6 Å². The Kier molecular flexibility index (Phi) is 9.36. The smallest absolute Gasteiger partial charge is 0.253 e. The van der Waals surface area contributed by atoms with Crippen molar-refractivity contribution in [2.24, 2.45) is 10.7 Å². The molecule has 2 aromatic rings. The molecular weight excluding hydrogens is 455 g/mol. The third-order valence-corrected chi connectivity index (χ3v) is 4.72. The molecule has 0 aliphatic rings. The molecule has 0 bridgehead atoms. The lowest BCUT2D eigenvalue weighted by atomic mass is 10.1. The minimum Gasteiger partial charge on any atom is -0.369 e. The van der Waals surface area contributed by atoms with E-state index in [-0.39, 0.29) is 31.2 Å². The van der Waals surface area contributed by atoms with E-state index in [0.717, 1.165) is 0 Å². The van der Waals surface area contributed by atoms with Crippen molar-refractivity contribution >= 4 is 76.6 Å². The molecule has 0 spiro atoms. The van der Waals surface area contributed by atoms with Crippen LogP contribution < -0.4 is 11.1 Å². The predicted molar refractivity (Wildman–Crippen MR) is 112 cm³/mol. The Hall–Kier alpha value is -1.50. The number of carbonyl (C=O) groups is 2. The average Bonchev–Trinajstić information content (AvgIpc) is 2.54. The topological polar surface area (TPSA) is 84.5 Å². The van der Waals surface area contributed by atoms with E-state index in [4.69, 9.17) is 52.1 Å². The fourth-order valence-electron chi connectivity index (χ4n) is 2.10. The number of nitrogens with two attached hydrogens (primary N) is 1. The Morgan fingerprint density at radius 1 is 0.852 bits per heavy atom. The Balaban J connectivity index is 0.00000364. The first kappa shape index (κ1) is 23.5. The Bertz CT molecular complexity index is 846. The van der Waals surface area contributed by atoms with Gasteiger partial charge in [0.25, 0.3) is 5.91 Å². The van der Waals surface area contributed by atoms with E-state index in [1.54, 1.807) is 36.4 Å². The maximum Gasteiger partial charge on any atom is 0.253 e. The van der Waals surface area contributed by atoms with Crippen molar-refractivity contribution in [3.63, 3.8) is 0 Å². The molecule has 10 heteroatoms. The summed E-state index contributed by atoms with van der Waals surface area (Å²) in [6, 6.07) is 9.78. The minimum atomic E-state index is -0.603. The molecule has 144 valence electrons. The van der Waals surface area contributed by atoms with Gasteiger partial charge in [-0.1, -0.05) is 58.5 Å². The van der Waals surface area contributed by atoms with E-state index in [9.17, 15) is 9.59 Å². The van der Waals surface area contributed by atoms with Crippen LogP contribution in [-0.2, 0) is 22.4 Å². The number of hydrogen-bond donors (Lipinski definition) is 2. The van der Waals surface area contributed by atoms with Crippen molar-refractivity contribution in [2.75, 3.05) is 0 Å². The van der Waals surface area contributed by atoms with Gasteiger partial charge in [0.15, 0.2) is 0 Å².